The number of hydrogen-bond donors (Lipinski definition) is 4. The molecule has 0 amide bonds. The van der Waals surface area contributed by atoms with E-state index in [4.69, 9.17) is 0 Å². The molecule has 0 unspecified atom stereocenters. The molecule has 0 fully saturated rings. The van der Waals surface area contributed by atoms with Gasteiger partial charge in [0.2, 0.25) is 0 Å². The van der Waals surface area contributed by atoms with Crippen LogP contribution >= 0.6 is 0 Å². The van der Waals surface area contributed by atoms with Gasteiger partial charge >= 0.3 is 0 Å². The summed E-state index contributed by atoms with van der Waals surface area (Å²) in [6, 6.07) is 27.8. The van der Waals surface area contributed by atoms with Crippen LogP contribution in [0.4, 0.5) is 22.7 Å². The van der Waals surface area contributed by atoms with E-state index in [0.29, 0.717) is 0 Å². The first-order valence-electron chi connectivity index (χ1n) is 18.8. The summed E-state index contributed by atoms with van der Waals surface area (Å²) >= 11 is 0. The third kappa shape index (κ3) is 9.15. The second kappa shape index (κ2) is 16.3. The van der Waals surface area contributed by atoms with Crippen molar-refractivity contribution in [3.05, 3.63) is 141 Å². The van der Waals surface area contributed by atoms with E-state index in [1.165, 1.54) is 28.3 Å². The summed E-state index contributed by atoms with van der Waals surface area (Å²) < 4.78 is 70.5. The average Bonchev–Trinajstić information content (AvgIpc) is 3.09. The Labute approximate surface area is 327 Å². The summed E-state index contributed by atoms with van der Waals surface area (Å²) in [7, 11) is -9.72. The van der Waals surface area contributed by atoms with Gasteiger partial charge < -0.3 is 10.6 Å². The van der Waals surface area contributed by atoms with Gasteiger partial charge in [0.15, 0.2) is 0 Å². The van der Waals surface area contributed by atoms with Crippen molar-refractivity contribution in [1.29, 1.82) is 0 Å². The number of anilines is 4. The van der Waals surface area contributed by atoms with Gasteiger partial charge in [-0.05, 0) is 112 Å². The van der Waals surface area contributed by atoms with Crippen LogP contribution in [-0.4, -0.2) is 25.9 Å². The smallest absolute Gasteiger partial charge is 0.294 e. The molecular weight excluding hydrogens is 729 g/mol. The molecule has 10 heteroatoms. The molecule has 8 nitrogen and oxygen atoms in total. The number of aryl methyl sites for hydroxylation is 2. The van der Waals surface area contributed by atoms with Crippen LogP contribution in [0.1, 0.15) is 135 Å². The largest absolute Gasteiger partial charge is 0.355 e. The van der Waals surface area contributed by atoms with Crippen molar-refractivity contribution < 1.29 is 25.9 Å². The molecule has 0 aliphatic rings. The van der Waals surface area contributed by atoms with Crippen LogP contribution in [0.25, 0.3) is 0 Å². The van der Waals surface area contributed by atoms with Crippen LogP contribution in [0, 0.1) is 13.8 Å². The highest BCUT2D eigenvalue weighted by atomic mass is 32.2. The van der Waals surface area contributed by atoms with Crippen LogP contribution < -0.4 is 10.6 Å². The Morgan fingerprint density at radius 3 is 1.16 bits per heavy atom. The zero-order chi connectivity index (χ0) is 40.6. The fraction of sp³-hybridized carbons (Fsp3) is 0.333. The van der Waals surface area contributed by atoms with Crippen LogP contribution in [0.15, 0.2) is 101 Å². The van der Waals surface area contributed by atoms with Crippen molar-refractivity contribution in [3.63, 3.8) is 0 Å². The van der Waals surface area contributed by atoms with Crippen LogP contribution in [-0.2, 0) is 20.2 Å². The first-order chi connectivity index (χ1) is 25.7. The quantitative estimate of drug-likeness (QED) is 0.0685. The Kier molecular flexibility index (Phi) is 12.4. The molecule has 5 rings (SSSR count). The lowest BCUT2D eigenvalue weighted by atomic mass is 9.83. The maximum Gasteiger partial charge on any atom is 0.294 e. The van der Waals surface area contributed by atoms with Crippen molar-refractivity contribution in [3.8, 4) is 0 Å². The monoisotopic (exact) mass is 782 g/mol. The summed E-state index contributed by atoms with van der Waals surface area (Å²) in [4.78, 5) is -1.24. The lowest BCUT2D eigenvalue weighted by Gasteiger charge is -2.25. The Bertz CT molecular complexity index is 2270. The molecular formula is C45H54N2O6S2. The van der Waals surface area contributed by atoms with Gasteiger partial charge in [-0.15, -0.1) is 0 Å². The average molecular weight is 783 g/mol. The number of para-hydroxylation sites is 2. The van der Waals surface area contributed by atoms with E-state index in [1.54, 1.807) is 0 Å². The summed E-state index contributed by atoms with van der Waals surface area (Å²) in [6.45, 7) is 21.3. The number of rotatable bonds is 13. The number of nitrogens with one attached hydrogen (secondary N) is 2. The van der Waals surface area contributed by atoms with Crippen molar-refractivity contribution in [1.82, 2.24) is 0 Å². The Morgan fingerprint density at radius 1 is 0.473 bits per heavy atom. The van der Waals surface area contributed by atoms with Gasteiger partial charge in [0.05, 0.1) is 9.79 Å². The van der Waals surface area contributed by atoms with E-state index in [2.05, 4.69) is 102 Å². The van der Waals surface area contributed by atoms with Gasteiger partial charge in [0, 0.05) is 28.7 Å². The zero-order valence-corrected chi connectivity index (χ0v) is 35.0. The van der Waals surface area contributed by atoms with Crippen LogP contribution in [0.3, 0.4) is 0 Å². The number of hydrogen-bond acceptors (Lipinski definition) is 6. The van der Waals surface area contributed by atoms with E-state index in [0.717, 1.165) is 57.1 Å². The predicted octanol–water partition coefficient (Wildman–Crippen LogP) is 12.0. The van der Waals surface area contributed by atoms with Crippen LogP contribution in [0.2, 0.25) is 0 Å². The molecule has 0 atom stereocenters. The Hall–Kier alpha value is -4.48. The Morgan fingerprint density at radius 2 is 0.855 bits per heavy atom. The maximum absolute atomic E-state index is 13.0. The van der Waals surface area contributed by atoms with Gasteiger partial charge in [-0.2, -0.15) is 16.8 Å². The predicted molar refractivity (Wildman–Crippen MR) is 225 cm³/mol. The van der Waals surface area contributed by atoms with Crippen molar-refractivity contribution in [2.24, 2.45) is 0 Å². The summed E-state index contributed by atoms with van der Waals surface area (Å²) in [6.07, 6.45) is 0. The van der Waals surface area contributed by atoms with E-state index in [-0.39, 0.29) is 29.2 Å². The molecule has 4 N–H and O–H groups in total. The standard InChI is InChI=1S/C45H54N2O6S2/c1-26(2)35-13-11-14-36(27(3)4)44(35)46-40-21-17-32(23-30(40)9)43(39-20-19-34(54(48,49)50)25-42(39)55(51,52)53)33-18-22-41(31(10)24-33)47-45-37(28(5)6)15-12-16-38(45)29(7)8/h11-29,43,46-47H,1-10H3,(H,48,49,50)(H,51,52,53). The second-order valence-electron chi connectivity index (χ2n) is 15.7. The fourth-order valence-corrected chi connectivity index (χ4v) is 8.70. The topological polar surface area (TPSA) is 133 Å². The van der Waals surface area contributed by atoms with Gasteiger partial charge in [-0.1, -0.05) is 122 Å². The first kappa shape index (κ1) is 41.7. The lowest BCUT2D eigenvalue weighted by Crippen LogP contribution is -2.13. The summed E-state index contributed by atoms with van der Waals surface area (Å²) in [5, 5.41) is 7.41. The minimum atomic E-state index is -4.95. The fourth-order valence-electron chi connectivity index (χ4n) is 7.36. The molecule has 0 aliphatic carbocycles. The van der Waals surface area contributed by atoms with Crippen molar-refractivity contribution in [2.75, 3.05) is 10.6 Å². The maximum atomic E-state index is 13.0. The van der Waals surface area contributed by atoms with Gasteiger partial charge in [0.1, 0.15) is 0 Å². The highest BCUT2D eigenvalue weighted by Gasteiger charge is 2.28. The molecule has 292 valence electrons. The van der Waals surface area contributed by atoms with Gasteiger partial charge in [0.25, 0.3) is 20.2 Å². The highest BCUT2D eigenvalue weighted by Crippen LogP contribution is 2.42. The molecule has 0 saturated heterocycles. The van der Waals surface area contributed by atoms with Crippen molar-refractivity contribution in [2.45, 2.75) is 109 Å². The van der Waals surface area contributed by atoms with E-state index in [1.807, 2.05) is 50.2 Å². The molecule has 5 aromatic rings. The number of benzene rings is 5. The van der Waals surface area contributed by atoms with E-state index in [9.17, 15) is 25.9 Å². The first-order valence-corrected chi connectivity index (χ1v) is 21.7. The van der Waals surface area contributed by atoms with Gasteiger partial charge in [-0.3, -0.25) is 9.11 Å². The minimum absolute atomic E-state index is 0.162. The third-order valence-corrected chi connectivity index (χ3v) is 12.1. The Balaban J connectivity index is 1.69. The molecule has 0 bridgehead atoms. The van der Waals surface area contributed by atoms with Crippen LogP contribution in [0.5, 0.6) is 0 Å². The summed E-state index contributed by atoms with van der Waals surface area (Å²) in [5.41, 5.74) is 12.1. The van der Waals surface area contributed by atoms with E-state index >= 15 is 0 Å². The molecule has 0 spiro atoms. The normalized spacial score (nSPS) is 12.4. The summed E-state index contributed by atoms with van der Waals surface area (Å²) in [5.74, 6) is 0.381. The SMILES string of the molecule is Cc1cc(C(c2ccc(Nc3c(C(C)C)cccc3C(C)C)c(C)c2)c2ccc(S(=O)(=O)O)cc2S(=O)(=O)O)ccc1Nc1c(C(C)C)cccc1C(C)C. The zero-order valence-electron chi connectivity index (χ0n) is 33.4. The second-order valence-corrected chi connectivity index (χ2v) is 18.5. The molecule has 5 aromatic carbocycles. The highest BCUT2D eigenvalue weighted by molar-refractivity contribution is 7.86. The minimum Gasteiger partial charge on any atom is -0.355 e. The molecule has 0 aromatic heterocycles. The molecule has 0 heterocycles. The molecule has 0 aliphatic heterocycles. The molecule has 0 saturated carbocycles. The van der Waals surface area contributed by atoms with E-state index < -0.39 is 35.9 Å². The molecule has 0 radical (unpaired) electrons. The lowest BCUT2D eigenvalue weighted by molar-refractivity contribution is 0.480. The van der Waals surface area contributed by atoms with Gasteiger partial charge in [-0.25, -0.2) is 0 Å². The third-order valence-electron chi connectivity index (χ3n) is 10.3. The van der Waals surface area contributed by atoms with Crippen molar-refractivity contribution >= 4 is 43.0 Å². The molecule has 55 heavy (non-hydrogen) atoms.